The van der Waals surface area contributed by atoms with Crippen molar-refractivity contribution < 1.29 is 9.47 Å². The van der Waals surface area contributed by atoms with Crippen LogP contribution in [0.4, 0.5) is 5.69 Å². The number of ether oxygens (including phenoxy) is 2. The molecule has 0 fully saturated rings. The molecule has 0 atom stereocenters. The molecule has 0 unspecified atom stereocenters. The van der Waals surface area contributed by atoms with E-state index >= 15 is 0 Å². The molecular weight excluding hydrogens is 354 g/mol. The molecule has 0 radical (unpaired) electrons. The Hall–Kier alpha value is -1.39. The molecular formula is C16H15BrClNO2. The number of nitrogens with one attached hydrogen (secondary N) is 1. The number of benzene rings is 2. The molecule has 5 heteroatoms. The molecule has 1 aliphatic rings. The normalized spacial score (nSPS) is 13.6. The van der Waals surface area contributed by atoms with Crippen LogP contribution in [0, 0.1) is 0 Å². The Morgan fingerprint density at radius 2 is 2.00 bits per heavy atom. The van der Waals surface area contributed by atoms with Gasteiger partial charge in [0.05, 0.1) is 18.2 Å². The maximum Gasteiger partial charge on any atom is 0.166 e. The highest BCUT2D eigenvalue weighted by Crippen LogP contribution is 2.34. The molecule has 3 rings (SSSR count). The van der Waals surface area contributed by atoms with E-state index in [1.165, 1.54) is 0 Å². The average molecular weight is 369 g/mol. The Balaban J connectivity index is 1.77. The molecule has 21 heavy (non-hydrogen) atoms. The van der Waals surface area contributed by atoms with Crippen molar-refractivity contribution in [1.82, 2.24) is 0 Å². The van der Waals surface area contributed by atoms with Crippen molar-refractivity contribution in [3.63, 3.8) is 0 Å². The van der Waals surface area contributed by atoms with Gasteiger partial charge in [0.1, 0.15) is 0 Å². The summed E-state index contributed by atoms with van der Waals surface area (Å²) in [4.78, 5) is 0. The fourth-order valence-electron chi connectivity index (χ4n) is 2.20. The molecule has 1 aliphatic heterocycles. The Morgan fingerprint density at radius 1 is 1.14 bits per heavy atom. The Bertz CT molecular complexity index is 648. The van der Waals surface area contributed by atoms with Crippen molar-refractivity contribution in [1.29, 1.82) is 0 Å². The van der Waals surface area contributed by atoms with Crippen LogP contribution in [0.1, 0.15) is 12.0 Å². The summed E-state index contributed by atoms with van der Waals surface area (Å²) in [5.41, 5.74) is 2.05. The van der Waals surface area contributed by atoms with E-state index in [2.05, 4.69) is 21.2 Å². The third kappa shape index (κ3) is 3.44. The van der Waals surface area contributed by atoms with Crippen LogP contribution in [0.25, 0.3) is 0 Å². The van der Waals surface area contributed by atoms with Gasteiger partial charge in [-0.05, 0) is 40.2 Å². The van der Waals surface area contributed by atoms with Gasteiger partial charge in [-0.1, -0.05) is 23.7 Å². The molecule has 1 heterocycles. The molecule has 0 aromatic heterocycles. The number of anilines is 1. The van der Waals surface area contributed by atoms with E-state index in [1.54, 1.807) is 0 Å². The smallest absolute Gasteiger partial charge is 0.166 e. The van der Waals surface area contributed by atoms with Crippen molar-refractivity contribution in [2.24, 2.45) is 0 Å². The minimum absolute atomic E-state index is 0.657. The third-order valence-corrected chi connectivity index (χ3v) is 4.49. The first kappa shape index (κ1) is 14.5. The molecule has 3 nitrogen and oxygen atoms in total. The largest absolute Gasteiger partial charge is 0.490 e. The number of hydrogen-bond donors (Lipinski definition) is 1. The zero-order valence-corrected chi connectivity index (χ0v) is 13.7. The number of rotatable bonds is 3. The van der Waals surface area contributed by atoms with Gasteiger partial charge in [-0.2, -0.15) is 0 Å². The lowest BCUT2D eigenvalue weighted by molar-refractivity contribution is 0.296. The molecule has 0 saturated carbocycles. The first-order valence-corrected chi connectivity index (χ1v) is 7.97. The van der Waals surface area contributed by atoms with Gasteiger partial charge in [0.15, 0.2) is 11.5 Å². The van der Waals surface area contributed by atoms with Crippen LogP contribution in [0.3, 0.4) is 0 Å². The summed E-state index contributed by atoms with van der Waals surface area (Å²) in [7, 11) is 0. The van der Waals surface area contributed by atoms with E-state index < -0.39 is 0 Å². The van der Waals surface area contributed by atoms with E-state index in [1.807, 2.05) is 36.4 Å². The van der Waals surface area contributed by atoms with Crippen molar-refractivity contribution in [3.05, 3.63) is 51.5 Å². The fourth-order valence-corrected chi connectivity index (χ4v) is 2.62. The highest BCUT2D eigenvalue weighted by atomic mass is 79.9. The number of fused-ring (bicyclic) bond motifs is 1. The molecule has 2 aromatic carbocycles. The second-order valence-electron chi connectivity index (χ2n) is 4.78. The molecule has 110 valence electrons. The first-order valence-electron chi connectivity index (χ1n) is 6.80. The quantitative estimate of drug-likeness (QED) is 0.838. The van der Waals surface area contributed by atoms with Crippen LogP contribution in [-0.4, -0.2) is 13.2 Å². The molecule has 2 aromatic rings. The number of halogens is 2. The fraction of sp³-hybridized carbons (Fsp3) is 0.250. The minimum atomic E-state index is 0.657. The van der Waals surface area contributed by atoms with Gasteiger partial charge in [-0.15, -0.1) is 0 Å². The lowest BCUT2D eigenvalue weighted by atomic mass is 10.1. The Labute approximate surface area is 137 Å². The Kier molecular flexibility index (Phi) is 4.56. The second kappa shape index (κ2) is 6.58. The monoisotopic (exact) mass is 367 g/mol. The van der Waals surface area contributed by atoms with Crippen molar-refractivity contribution in [2.75, 3.05) is 18.5 Å². The van der Waals surface area contributed by atoms with Crippen molar-refractivity contribution in [3.8, 4) is 11.5 Å². The summed E-state index contributed by atoms with van der Waals surface area (Å²) in [6.07, 6.45) is 0.907. The summed E-state index contributed by atoms with van der Waals surface area (Å²) in [6, 6.07) is 11.8. The van der Waals surface area contributed by atoms with Gasteiger partial charge in [0.25, 0.3) is 0 Å². The van der Waals surface area contributed by atoms with Crippen molar-refractivity contribution >= 4 is 33.2 Å². The van der Waals surface area contributed by atoms with Crippen LogP contribution >= 0.6 is 27.5 Å². The predicted molar refractivity (Wildman–Crippen MR) is 88.5 cm³/mol. The Morgan fingerprint density at radius 3 is 2.86 bits per heavy atom. The summed E-state index contributed by atoms with van der Waals surface area (Å²) >= 11 is 9.49. The van der Waals surface area contributed by atoms with Gasteiger partial charge in [-0.3, -0.25) is 0 Å². The SMILES string of the molecule is Clc1cc(NCc2cccc3c2OCCCO3)ccc1Br. The standard InChI is InChI=1S/C16H15BrClNO2/c17-13-6-5-12(9-14(13)18)19-10-11-3-1-4-15-16(11)21-8-2-7-20-15/h1,3-6,9,19H,2,7-8,10H2. The summed E-state index contributed by atoms with van der Waals surface area (Å²) in [6.45, 7) is 2.05. The van der Waals surface area contributed by atoms with Crippen molar-refractivity contribution in [2.45, 2.75) is 13.0 Å². The van der Waals surface area contributed by atoms with Gasteiger partial charge in [0, 0.05) is 28.7 Å². The topological polar surface area (TPSA) is 30.5 Å². The molecule has 0 saturated heterocycles. The van der Waals surface area contributed by atoms with Crippen LogP contribution in [-0.2, 0) is 6.54 Å². The van der Waals surface area contributed by atoms with Gasteiger partial charge >= 0.3 is 0 Å². The lowest BCUT2D eigenvalue weighted by Crippen LogP contribution is -2.03. The summed E-state index contributed by atoms with van der Waals surface area (Å²) < 4.78 is 12.4. The maximum atomic E-state index is 6.10. The van der Waals surface area contributed by atoms with Crippen LogP contribution in [0.15, 0.2) is 40.9 Å². The van der Waals surface area contributed by atoms with Gasteiger partial charge < -0.3 is 14.8 Å². The molecule has 0 spiro atoms. The molecule has 0 bridgehead atoms. The van der Waals surface area contributed by atoms with E-state index in [4.69, 9.17) is 21.1 Å². The predicted octanol–water partition coefficient (Wildman–Crippen LogP) is 4.88. The minimum Gasteiger partial charge on any atom is -0.490 e. The van der Waals surface area contributed by atoms with Gasteiger partial charge in [0.2, 0.25) is 0 Å². The summed E-state index contributed by atoms with van der Waals surface area (Å²) in [5, 5.41) is 4.05. The lowest BCUT2D eigenvalue weighted by Gasteiger charge is -2.14. The van der Waals surface area contributed by atoms with Gasteiger partial charge in [-0.25, -0.2) is 0 Å². The molecule has 1 N–H and O–H groups in total. The molecule has 0 amide bonds. The average Bonchev–Trinajstić information content (AvgIpc) is 2.74. The van der Waals surface area contributed by atoms with Crippen LogP contribution < -0.4 is 14.8 Å². The van der Waals surface area contributed by atoms with E-state index in [9.17, 15) is 0 Å². The van der Waals surface area contributed by atoms with E-state index in [0.29, 0.717) is 24.8 Å². The zero-order valence-electron chi connectivity index (χ0n) is 11.4. The van der Waals surface area contributed by atoms with Crippen LogP contribution in [0.5, 0.6) is 11.5 Å². The van der Waals surface area contributed by atoms with E-state index in [-0.39, 0.29) is 0 Å². The second-order valence-corrected chi connectivity index (χ2v) is 6.04. The van der Waals surface area contributed by atoms with Crippen LogP contribution in [0.2, 0.25) is 5.02 Å². The third-order valence-electron chi connectivity index (χ3n) is 3.26. The number of para-hydroxylation sites is 1. The van der Waals surface area contributed by atoms with E-state index in [0.717, 1.165) is 33.6 Å². The number of hydrogen-bond acceptors (Lipinski definition) is 3. The highest BCUT2D eigenvalue weighted by Gasteiger charge is 2.14. The highest BCUT2D eigenvalue weighted by molar-refractivity contribution is 9.10. The first-order chi connectivity index (χ1) is 10.2. The maximum absolute atomic E-state index is 6.10. The molecule has 0 aliphatic carbocycles. The zero-order chi connectivity index (χ0) is 14.7. The summed E-state index contributed by atoms with van der Waals surface area (Å²) in [5.74, 6) is 1.66.